The molecule has 0 amide bonds. The average molecular weight is 284 g/mol. The van der Waals surface area contributed by atoms with Gasteiger partial charge in [0.25, 0.3) is 0 Å². The number of nitrogens with one attached hydrogen (secondary N) is 1. The fourth-order valence-corrected chi connectivity index (χ4v) is 3.04. The molecule has 21 heavy (non-hydrogen) atoms. The minimum absolute atomic E-state index is 0.217. The second-order valence-electron chi connectivity index (χ2n) is 6.35. The van der Waals surface area contributed by atoms with Crippen molar-refractivity contribution in [2.75, 3.05) is 19.7 Å². The molecule has 1 aromatic carbocycles. The van der Waals surface area contributed by atoms with Crippen molar-refractivity contribution < 1.29 is 4.74 Å². The molecule has 1 aliphatic heterocycles. The average Bonchev–Trinajstić information content (AvgIpc) is 2.95. The van der Waals surface area contributed by atoms with E-state index in [-0.39, 0.29) is 6.10 Å². The molecule has 2 heterocycles. The van der Waals surface area contributed by atoms with Gasteiger partial charge in [-0.05, 0) is 42.6 Å². The van der Waals surface area contributed by atoms with Gasteiger partial charge >= 0.3 is 0 Å². The molecule has 0 radical (unpaired) electrons. The number of hydrogen-bond donors (Lipinski definition) is 1. The van der Waals surface area contributed by atoms with Crippen LogP contribution in [0.3, 0.4) is 0 Å². The Bertz CT molecular complexity index is 597. The first-order valence-electron chi connectivity index (χ1n) is 7.91. The molecule has 2 atom stereocenters. The minimum atomic E-state index is 0.217. The van der Waals surface area contributed by atoms with Gasteiger partial charge in [0.1, 0.15) is 0 Å². The van der Waals surface area contributed by atoms with E-state index in [9.17, 15) is 0 Å². The van der Waals surface area contributed by atoms with Crippen LogP contribution in [0, 0.1) is 11.8 Å². The fraction of sp³-hybridized carbons (Fsp3) is 0.500. The van der Waals surface area contributed by atoms with Gasteiger partial charge in [-0.15, -0.1) is 0 Å². The zero-order chi connectivity index (χ0) is 14.7. The molecule has 1 N–H and O–H groups in total. The number of pyridine rings is 1. The van der Waals surface area contributed by atoms with E-state index < -0.39 is 0 Å². The summed E-state index contributed by atoms with van der Waals surface area (Å²) >= 11 is 0. The lowest BCUT2D eigenvalue weighted by Gasteiger charge is -2.20. The predicted molar refractivity (Wildman–Crippen MR) is 86.3 cm³/mol. The molecule has 1 fully saturated rings. The molecular weight excluding hydrogens is 260 g/mol. The summed E-state index contributed by atoms with van der Waals surface area (Å²) in [5, 5.41) is 4.77. The SMILES string of the molecule is CC(C)CNCC1CCOC1c1ccc2ncccc2c1. The topological polar surface area (TPSA) is 34.1 Å². The van der Waals surface area contributed by atoms with Crippen LogP contribution in [-0.4, -0.2) is 24.7 Å². The van der Waals surface area contributed by atoms with Crippen molar-refractivity contribution in [2.45, 2.75) is 26.4 Å². The molecule has 0 saturated carbocycles. The molecule has 1 aliphatic rings. The van der Waals surface area contributed by atoms with Crippen LogP contribution in [0.25, 0.3) is 10.9 Å². The van der Waals surface area contributed by atoms with E-state index in [1.54, 1.807) is 0 Å². The molecule has 3 nitrogen and oxygen atoms in total. The summed E-state index contributed by atoms with van der Waals surface area (Å²) in [5.41, 5.74) is 2.33. The van der Waals surface area contributed by atoms with E-state index in [1.165, 1.54) is 10.9 Å². The summed E-state index contributed by atoms with van der Waals surface area (Å²) < 4.78 is 6.00. The second kappa shape index (κ2) is 6.54. The van der Waals surface area contributed by atoms with Gasteiger partial charge in [0.2, 0.25) is 0 Å². The highest BCUT2D eigenvalue weighted by atomic mass is 16.5. The summed E-state index contributed by atoms with van der Waals surface area (Å²) in [5.74, 6) is 1.26. The second-order valence-corrected chi connectivity index (χ2v) is 6.35. The first kappa shape index (κ1) is 14.5. The number of rotatable bonds is 5. The maximum Gasteiger partial charge on any atom is 0.0866 e. The van der Waals surface area contributed by atoms with Gasteiger partial charge in [-0.1, -0.05) is 26.0 Å². The Morgan fingerprint density at radius 2 is 2.24 bits per heavy atom. The van der Waals surface area contributed by atoms with Crippen molar-refractivity contribution in [2.24, 2.45) is 11.8 Å². The van der Waals surface area contributed by atoms with E-state index >= 15 is 0 Å². The quantitative estimate of drug-likeness (QED) is 0.911. The molecular formula is C18H24N2O. The molecule has 1 aromatic heterocycles. The van der Waals surface area contributed by atoms with Crippen LogP contribution < -0.4 is 5.32 Å². The highest BCUT2D eigenvalue weighted by Crippen LogP contribution is 2.35. The van der Waals surface area contributed by atoms with Crippen LogP contribution >= 0.6 is 0 Å². The lowest BCUT2D eigenvalue weighted by molar-refractivity contribution is 0.0905. The predicted octanol–water partition coefficient (Wildman–Crippen LogP) is 3.56. The summed E-state index contributed by atoms with van der Waals surface area (Å²) in [4.78, 5) is 4.38. The molecule has 0 aliphatic carbocycles. The van der Waals surface area contributed by atoms with Crippen molar-refractivity contribution in [3.63, 3.8) is 0 Å². The third-order valence-electron chi connectivity index (χ3n) is 4.13. The summed E-state index contributed by atoms with van der Waals surface area (Å²) in [7, 11) is 0. The van der Waals surface area contributed by atoms with Gasteiger partial charge in [-0.3, -0.25) is 4.98 Å². The van der Waals surface area contributed by atoms with E-state index in [2.05, 4.69) is 48.4 Å². The zero-order valence-electron chi connectivity index (χ0n) is 12.9. The first-order chi connectivity index (χ1) is 10.2. The summed E-state index contributed by atoms with van der Waals surface area (Å²) in [6.07, 6.45) is 3.20. The normalized spacial score (nSPS) is 22.2. The van der Waals surface area contributed by atoms with Gasteiger partial charge in [-0.2, -0.15) is 0 Å². The van der Waals surface area contributed by atoms with Crippen LogP contribution in [0.4, 0.5) is 0 Å². The molecule has 2 unspecified atom stereocenters. The van der Waals surface area contributed by atoms with E-state index in [4.69, 9.17) is 4.74 Å². The maximum absolute atomic E-state index is 6.00. The van der Waals surface area contributed by atoms with Crippen LogP contribution in [0.1, 0.15) is 31.9 Å². The zero-order valence-corrected chi connectivity index (χ0v) is 12.9. The Morgan fingerprint density at radius 3 is 3.10 bits per heavy atom. The molecule has 0 bridgehead atoms. The first-order valence-corrected chi connectivity index (χ1v) is 7.91. The van der Waals surface area contributed by atoms with Crippen molar-refractivity contribution in [1.82, 2.24) is 10.3 Å². The molecule has 0 spiro atoms. The fourth-order valence-electron chi connectivity index (χ4n) is 3.04. The summed E-state index contributed by atoms with van der Waals surface area (Å²) in [6.45, 7) is 7.46. The Labute approximate surface area is 126 Å². The van der Waals surface area contributed by atoms with Crippen LogP contribution in [0.5, 0.6) is 0 Å². The monoisotopic (exact) mass is 284 g/mol. The molecule has 2 aromatic rings. The Morgan fingerprint density at radius 1 is 1.33 bits per heavy atom. The lowest BCUT2D eigenvalue weighted by atomic mass is 9.94. The number of benzene rings is 1. The van der Waals surface area contributed by atoms with Crippen molar-refractivity contribution >= 4 is 10.9 Å². The number of nitrogens with zero attached hydrogens (tertiary/aromatic N) is 1. The van der Waals surface area contributed by atoms with Gasteiger partial charge < -0.3 is 10.1 Å². The number of hydrogen-bond acceptors (Lipinski definition) is 3. The van der Waals surface area contributed by atoms with E-state index in [0.717, 1.165) is 31.6 Å². The number of fused-ring (bicyclic) bond motifs is 1. The van der Waals surface area contributed by atoms with Crippen LogP contribution in [-0.2, 0) is 4.74 Å². The Kier molecular flexibility index (Phi) is 4.51. The third-order valence-corrected chi connectivity index (χ3v) is 4.13. The molecule has 1 saturated heterocycles. The smallest absolute Gasteiger partial charge is 0.0866 e. The van der Waals surface area contributed by atoms with Crippen molar-refractivity contribution in [3.05, 3.63) is 42.1 Å². The number of ether oxygens (including phenoxy) is 1. The summed E-state index contributed by atoms with van der Waals surface area (Å²) in [6, 6.07) is 10.6. The Hall–Kier alpha value is -1.45. The van der Waals surface area contributed by atoms with Gasteiger partial charge in [0.15, 0.2) is 0 Å². The minimum Gasteiger partial charge on any atom is -0.373 e. The highest BCUT2D eigenvalue weighted by Gasteiger charge is 2.29. The van der Waals surface area contributed by atoms with Crippen molar-refractivity contribution in [3.8, 4) is 0 Å². The van der Waals surface area contributed by atoms with Gasteiger partial charge in [0.05, 0.1) is 11.6 Å². The highest BCUT2D eigenvalue weighted by molar-refractivity contribution is 5.79. The van der Waals surface area contributed by atoms with E-state index in [0.29, 0.717) is 11.8 Å². The maximum atomic E-state index is 6.00. The van der Waals surface area contributed by atoms with E-state index in [1.807, 2.05) is 12.3 Å². The van der Waals surface area contributed by atoms with Crippen LogP contribution in [0.15, 0.2) is 36.5 Å². The van der Waals surface area contributed by atoms with Crippen molar-refractivity contribution in [1.29, 1.82) is 0 Å². The van der Waals surface area contributed by atoms with Crippen LogP contribution in [0.2, 0.25) is 0 Å². The van der Waals surface area contributed by atoms with Gasteiger partial charge in [0, 0.05) is 30.7 Å². The molecule has 3 rings (SSSR count). The van der Waals surface area contributed by atoms with Gasteiger partial charge in [-0.25, -0.2) is 0 Å². The Balaban J connectivity index is 1.73. The molecule has 3 heteroatoms. The standard InChI is InChI=1S/C18H24N2O/c1-13(2)11-19-12-16-7-9-21-18(16)15-5-6-17-14(10-15)4-3-8-20-17/h3-6,8,10,13,16,18-19H,7,9,11-12H2,1-2H3. The molecule has 112 valence electrons. The lowest BCUT2D eigenvalue weighted by Crippen LogP contribution is -2.27. The number of aromatic nitrogens is 1. The third kappa shape index (κ3) is 3.42. The largest absolute Gasteiger partial charge is 0.373 e.